The number of carbonyl (C=O) groups is 1. The van der Waals surface area contributed by atoms with Crippen molar-refractivity contribution in [3.8, 4) is 0 Å². The predicted molar refractivity (Wildman–Crippen MR) is 115 cm³/mol. The quantitative estimate of drug-likeness (QED) is 0.452. The van der Waals surface area contributed by atoms with E-state index < -0.39 is 15.9 Å². The molecule has 1 saturated carbocycles. The summed E-state index contributed by atoms with van der Waals surface area (Å²) in [6.45, 7) is 0.680. The SMILES string of the molecule is O=C(N[O-])C1CCC(CN(Cc2ccccc2)S(=O)(=O)c2ccc(Br)cc2)CC1.[Na+]. The summed E-state index contributed by atoms with van der Waals surface area (Å²) < 4.78 is 29.0. The van der Waals surface area contributed by atoms with Crippen LogP contribution in [0.25, 0.3) is 0 Å². The fourth-order valence-electron chi connectivity index (χ4n) is 3.77. The van der Waals surface area contributed by atoms with Crippen LogP contribution in [0.4, 0.5) is 0 Å². The molecule has 0 saturated heterocycles. The molecule has 2 aromatic carbocycles. The van der Waals surface area contributed by atoms with Gasteiger partial charge in [0.2, 0.25) is 15.9 Å². The van der Waals surface area contributed by atoms with Gasteiger partial charge in [-0.05, 0) is 61.4 Å². The number of nitrogens with zero attached hydrogens (tertiary/aromatic N) is 1. The minimum atomic E-state index is -3.67. The third kappa shape index (κ3) is 6.63. The molecule has 1 fully saturated rings. The first-order valence-corrected chi connectivity index (χ1v) is 11.8. The number of rotatable bonds is 7. The van der Waals surface area contributed by atoms with Crippen LogP contribution in [0.1, 0.15) is 31.2 Å². The van der Waals surface area contributed by atoms with Gasteiger partial charge in [-0.25, -0.2) is 8.42 Å². The average molecular weight is 503 g/mol. The molecule has 1 aliphatic rings. The summed E-state index contributed by atoms with van der Waals surface area (Å²) in [4.78, 5) is 11.8. The number of nitrogens with one attached hydrogen (secondary N) is 1. The minimum Gasteiger partial charge on any atom is -0.759 e. The maximum Gasteiger partial charge on any atom is 1.00 e. The molecule has 1 N–H and O–H groups in total. The van der Waals surface area contributed by atoms with E-state index in [2.05, 4.69) is 15.9 Å². The monoisotopic (exact) mass is 502 g/mol. The third-order valence-corrected chi connectivity index (χ3v) is 7.79. The predicted octanol–water partition coefficient (Wildman–Crippen LogP) is 1.06. The van der Waals surface area contributed by atoms with Gasteiger partial charge in [-0.1, -0.05) is 46.3 Å². The van der Waals surface area contributed by atoms with Gasteiger partial charge in [-0.2, -0.15) is 4.31 Å². The van der Waals surface area contributed by atoms with E-state index >= 15 is 0 Å². The standard InChI is InChI=1S/C21H24BrN2O4S.Na/c22-19-10-12-20(13-11-19)29(27,28)24(14-16-4-2-1-3-5-16)15-17-6-8-18(9-7-17)21(25)23-26;/h1-5,10-13,17-18H,6-9,14-15H2,(H-,23,25,26);/q-1;+1. The van der Waals surface area contributed by atoms with E-state index in [1.165, 1.54) is 9.79 Å². The molecule has 0 radical (unpaired) electrons. The molecule has 1 amide bonds. The molecule has 0 heterocycles. The van der Waals surface area contributed by atoms with Crippen LogP contribution in [0.5, 0.6) is 0 Å². The molecule has 2 aromatic rings. The molecule has 0 aliphatic heterocycles. The Labute approximate surface area is 208 Å². The summed E-state index contributed by atoms with van der Waals surface area (Å²) >= 11 is 3.34. The summed E-state index contributed by atoms with van der Waals surface area (Å²) in [7, 11) is -3.67. The van der Waals surface area contributed by atoms with E-state index in [0.29, 0.717) is 25.9 Å². The first-order valence-electron chi connectivity index (χ1n) is 9.62. The van der Waals surface area contributed by atoms with Crippen molar-refractivity contribution in [2.24, 2.45) is 11.8 Å². The molecule has 3 rings (SSSR count). The molecular weight excluding hydrogens is 479 g/mol. The van der Waals surface area contributed by atoms with Crippen molar-refractivity contribution in [2.45, 2.75) is 37.1 Å². The van der Waals surface area contributed by atoms with Crippen LogP contribution in [0.2, 0.25) is 0 Å². The van der Waals surface area contributed by atoms with Gasteiger partial charge in [0.1, 0.15) is 0 Å². The van der Waals surface area contributed by atoms with Gasteiger partial charge < -0.3 is 10.7 Å². The Hall–Kier alpha value is -0.740. The van der Waals surface area contributed by atoms with Crippen LogP contribution in [-0.4, -0.2) is 25.2 Å². The number of hydrogen-bond donors (Lipinski definition) is 1. The van der Waals surface area contributed by atoms with Crippen molar-refractivity contribution in [1.82, 2.24) is 9.79 Å². The number of halogens is 1. The second kappa shape index (κ2) is 11.8. The first-order chi connectivity index (χ1) is 13.9. The molecule has 0 atom stereocenters. The molecule has 0 spiro atoms. The number of carbonyl (C=O) groups excluding carboxylic acids is 1. The Morgan fingerprint density at radius 2 is 1.63 bits per heavy atom. The van der Waals surface area contributed by atoms with Crippen LogP contribution >= 0.6 is 15.9 Å². The van der Waals surface area contributed by atoms with Crippen molar-refractivity contribution < 1.29 is 42.8 Å². The second-order valence-electron chi connectivity index (χ2n) is 7.42. The molecule has 30 heavy (non-hydrogen) atoms. The average Bonchev–Trinajstić information content (AvgIpc) is 2.74. The van der Waals surface area contributed by atoms with Crippen LogP contribution in [0, 0.1) is 17.0 Å². The molecule has 6 nitrogen and oxygen atoms in total. The summed E-state index contributed by atoms with van der Waals surface area (Å²) in [6, 6.07) is 16.2. The molecule has 0 unspecified atom stereocenters. The van der Waals surface area contributed by atoms with Gasteiger partial charge in [-0.15, -0.1) is 0 Å². The van der Waals surface area contributed by atoms with Gasteiger partial charge in [0.05, 0.1) is 4.90 Å². The van der Waals surface area contributed by atoms with Crippen molar-refractivity contribution in [1.29, 1.82) is 0 Å². The van der Waals surface area contributed by atoms with Crippen molar-refractivity contribution in [3.05, 3.63) is 69.8 Å². The summed E-state index contributed by atoms with van der Waals surface area (Å²) in [5.74, 6) is -0.582. The van der Waals surface area contributed by atoms with E-state index in [-0.39, 0.29) is 46.3 Å². The Bertz CT molecular complexity index is 918. The Morgan fingerprint density at radius 1 is 1.03 bits per heavy atom. The van der Waals surface area contributed by atoms with E-state index in [9.17, 15) is 18.4 Å². The largest absolute Gasteiger partial charge is 1.00 e. The van der Waals surface area contributed by atoms with Crippen molar-refractivity contribution in [3.63, 3.8) is 0 Å². The van der Waals surface area contributed by atoms with Gasteiger partial charge >= 0.3 is 29.6 Å². The van der Waals surface area contributed by atoms with Gasteiger partial charge in [0.15, 0.2) is 0 Å². The zero-order valence-electron chi connectivity index (χ0n) is 17.0. The van der Waals surface area contributed by atoms with E-state index in [4.69, 9.17) is 0 Å². The summed E-state index contributed by atoms with van der Waals surface area (Å²) in [6.07, 6.45) is 2.66. The number of amides is 1. The molecular formula is C21H24BrN2NaO4S. The smallest absolute Gasteiger partial charge is 0.759 e. The van der Waals surface area contributed by atoms with Crippen LogP contribution in [0.15, 0.2) is 64.0 Å². The van der Waals surface area contributed by atoms with Crippen molar-refractivity contribution in [2.75, 3.05) is 6.54 Å². The molecule has 0 aromatic heterocycles. The third-order valence-electron chi connectivity index (χ3n) is 5.43. The fourth-order valence-corrected chi connectivity index (χ4v) is 5.54. The number of hydrogen-bond acceptors (Lipinski definition) is 4. The maximum absolute atomic E-state index is 13.3. The zero-order valence-corrected chi connectivity index (χ0v) is 21.4. The zero-order chi connectivity index (χ0) is 20.9. The molecule has 1 aliphatic carbocycles. The molecule has 156 valence electrons. The summed E-state index contributed by atoms with van der Waals surface area (Å²) in [5.41, 5.74) is 2.40. The maximum atomic E-state index is 13.3. The fraction of sp³-hybridized carbons (Fsp3) is 0.381. The number of benzene rings is 2. The normalized spacial score (nSPS) is 19.2. The van der Waals surface area contributed by atoms with Crippen LogP contribution in [-0.2, 0) is 21.4 Å². The van der Waals surface area contributed by atoms with Crippen LogP contribution < -0.4 is 35.0 Å². The van der Waals surface area contributed by atoms with Crippen LogP contribution in [0.3, 0.4) is 0 Å². The Balaban J connectivity index is 0.00000320. The van der Waals surface area contributed by atoms with Crippen molar-refractivity contribution >= 4 is 31.9 Å². The van der Waals surface area contributed by atoms with Gasteiger partial charge in [0.25, 0.3) is 0 Å². The van der Waals surface area contributed by atoms with E-state index in [1.807, 2.05) is 30.3 Å². The van der Waals surface area contributed by atoms with E-state index in [0.717, 1.165) is 22.9 Å². The summed E-state index contributed by atoms with van der Waals surface area (Å²) in [5, 5.41) is 10.6. The van der Waals surface area contributed by atoms with Gasteiger partial charge in [0, 0.05) is 23.5 Å². The number of hydroxylamine groups is 1. The molecule has 0 bridgehead atoms. The van der Waals surface area contributed by atoms with Gasteiger partial charge in [-0.3, -0.25) is 4.79 Å². The topological polar surface area (TPSA) is 89.5 Å². The number of sulfonamides is 1. The Morgan fingerprint density at radius 3 is 2.20 bits per heavy atom. The molecule has 9 heteroatoms. The van der Waals surface area contributed by atoms with E-state index in [1.54, 1.807) is 24.3 Å². The Kier molecular flexibility index (Phi) is 10.0. The second-order valence-corrected chi connectivity index (χ2v) is 10.3. The first kappa shape index (κ1) is 25.5. The minimum absolute atomic E-state index is 0.